The third-order valence-electron chi connectivity index (χ3n) is 2.25. The third-order valence-corrected chi connectivity index (χ3v) is 2.80. The van der Waals surface area contributed by atoms with Crippen molar-refractivity contribution in [3.8, 4) is 5.69 Å². The van der Waals surface area contributed by atoms with Gasteiger partial charge in [-0.15, -0.1) is 0 Å². The summed E-state index contributed by atoms with van der Waals surface area (Å²) < 4.78 is 28.5. The molecule has 2 aromatic rings. The summed E-state index contributed by atoms with van der Waals surface area (Å²) in [6.45, 7) is 0.0634. The summed E-state index contributed by atoms with van der Waals surface area (Å²) in [6.07, 6.45) is 4.90. The maximum absolute atomic E-state index is 10.9. The fourth-order valence-electron chi connectivity index (χ4n) is 1.49. The lowest BCUT2D eigenvalue weighted by Crippen LogP contribution is -2.03. The Morgan fingerprint density at radius 1 is 1.18 bits per heavy atom. The number of aromatic nitrogens is 1. The lowest BCUT2D eigenvalue weighted by Gasteiger charge is -2.06. The molecule has 0 saturated heterocycles. The Bertz CT molecular complexity index is 588. The van der Waals surface area contributed by atoms with E-state index in [1.54, 1.807) is 0 Å². The minimum atomic E-state index is -3.40. The van der Waals surface area contributed by atoms with Crippen molar-refractivity contribution in [2.24, 2.45) is 0 Å². The maximum atomic E-state index is 10.9. The summed E-state index contributed by atoms with van der Waals surface area (Å²) in [5, 5.41) is 0. The molecule has 0 aliphatic carbocycles. The first kappa shape index (κ1) is 11.9. The van der Waals surface area contributed by atoms with E-state index in [2.05, 4.69) is 0 Å². The molecule has 1 aromatic heterocycles. The molecule has 0 saturated carbocycles. The van der Waals surface area contributed by atoms with Crippen molar-refractivity contribution in [1.29, 1.82) is 0 Å². The SMILES string of the molecule is CS(=O)(=O)OCc1cccc(-n2cccc2)c1. The molecule has 0 unspecified atom stereocenters. The smallest absolute Gasteiger partial charge is 0.264 e. The molecule has 1 aromatic carbocycles. The van der Waals surface area contributed by atoms with Crippen LogP contribution in [-0.4, -0.2) is 19.2 Å². The van der Waals surface area contributed by atoms with Crippen molar-refractivity contribution in [2.75, 3.05) is 6.26 Å². The van der Waals surface area contributed by atoms with Gasteiger partial charge >= 0.3 is 0 Å². The minimum Gasteiger partial charge on any atom is -0.324 e. The van der Waals surface area contributed by atoms with E-state index in [9.17, 15) is 8.42 Å². The summed E-state index contributed by atoms with van der Waals surface area (Å²) in [4.78, 5) is 0. The number of rotatable bonds is 4. The molecule has 90 valence electrons. The van der Waals surface area contributed by atoms with Crippen LogP contribution >= 0.6 is 0 Å². The molecule has 2 rings (SSSR count). The first-order chi connectivity index (χ1) is 8.04. The molecule has 0 fully saturated rings. The summed E-state index contributed by atoms with van der Waals surface area (Å²) in [5.74, 6) is 0. The number of benzene rings is 1. The molecular formula is C12H13NO3S. The predicted octanol–water partition coefficient (Wildman–Crippen LogP) is 1.95. The second-order valence-electron chi connectivity index (χ2n) is 3.73. The molecule has 1 heterocycles. The van der Waals surface area contributed by atoms with Gasteiger partial charge in [-0.05, 0) is 29.8 Å². The minimum absolute atomic E-state index is 0.0634. The maximum Gasteiger partial charge on any atom is 0.264 e. The van der Waals surface area contributed by atoms with Crippen LogP contribution in [0.2, 0.25) is 0 Å². The molecule has 0 atom stereocenters. The zero-order valence-corrected chi connectivity index (χ0v) is 10.2. The summed E-state index contributed by atoms with van der Waals surface area (Å²) in [5.41, 5.74) is 1.80. The summed E-state index contributed by atoms with van der Waals surface area (Å²) >= 11 is 0. The third kappa shape index (κ3) is 3.44. The average molecular weight is 251 g/mol. The van der Waals surface area contributed by atoms with Crippen LogP contribution in [-0.2, 0) is 20.9 Å². The van der Waals surface area contributed by atoms with Gasteiger partial charge in [-0.1, -0.05) is 12.1 Å². The molecule has 0 spiro atoms. The highest BCUT2D eigenvalue weighted by Crippen LogP contribution is 2.12. The van der Waals surface area contributed by atoms with Crippen molar-refractivity contribution < 1.29 is 12.6 Å². The zero-order valence-electron chi connectivity index (χ0n) is 9.41. The summed E-state index contributed by atoms with van der Waals surface area (Å²) in [6, 6.07) is 11.4. The van der Waals surface area contributed by atoms with Crippen LogP contribution < -0.4 is 0 Å². The monoisotopic (exact) mass is 251 g/mol. The standard InChI is InChI=1S/C12H13NO3S/c1-17(14,15)16-10-11-5-4-6-12(9-11)13-7-2-3-8-13/h2-9H,10H2,1H3. The van der Waals surface area contributed by atoms with E-state index in [-0.39, 0.29) is 6.61 Å². The zero-order chi connectivity index (χ0) is 12.3. The van der Waals surface area contributed by atoms with E-state index in [0.29, 0.717) is 0 Å². The van der Waals surface area contributed by atoms with Gasteiger partial charge in [0.1, 0.15) is 0 Å². The summed E-state index contributed by atoms with van der Waals surface area (Å²) in [7, 11) is -3.40. The van der Waals surface area contributed by atoms with E-state index in [1.165, 1.54) is 0 Å². The van der Waals surface area contributed by atoms with E-state index >= 15 is 0 Å². The van der Waals surface area contributed by atoms with Crippen molar-refractivity contribution in [3.05, 3.63) is 54.4 Å². The Labute approximate surface area is 101 Å². The van der Waals surface area contributed by atoms with Crippen molar-refractivity contribution in [2.45, 2.75) is 6.61 Å². The largest absolute Gasteiger partial charge is 0.324 e. The average Bonchev–Trinajstić information content (AvgIpc) is 2.79. The first-order valence-electron chi connectivity index (χ1n) is 5.11. The van der Waals surface area contributed by atoms with Crippen LogP contribution in [0.4, 0.5) is 0 Å². The quantitative estimate of drug-likeness (QED) is 0.780. The van der Waals surface area contributed by atoms with Gasteiger partial charge in [-0.25, -0.2) is 0 Å². The highest BCUT2D eigenvalue weighted by Gasteiger charge is 2.03. The lowest BCUT2D eigenvalue weighted by molar-refractivity contribution is 0.311. The molecule has 17 heavy (non-hydrogen) atoms. The first-order valence-corrected chi connectivity index (χ1v) is 6.93. The Hall–Kier alpha value is -1.59. The van der Waals surface area contributed by atoms with Crippen molar-refractivity contribution in [1.82, 2.24) is 4.57 Å². The van der Waals surface area contributed by atoms with E-state index < -0.39 is 10.1 Å². The Balaban J connectivity index is 2.18. The highest BCUT2D eigenvalue weighted by molar-refractivity contribution is 7.85. The van der Waals surface area contributed by atoms with Gasteiger partial charge < -0.3 is 4.57 Å². The van der Waals surface area contributed by atoms with Crippen LogP contribution in [0.5, 0.6) is 0 Å². The number of nitrogens with zero attached hydrogens (tertiary/aromatic N) is 1. The second kappa shape index (κ2) is 4.73. The second-order valence-corrected chi connectivity index (χ2v) is 5.37. The molecule has 0 radical (unpaired) electrons. The van der Waals surface area contributed by atoms with Crippen LogP contribution in [0.15, 0.2) is 48.8 Å². The van der Waals surface area contributed by atoms with Crippen LogP contribution in [0.3, 0.4) is 0 Å². The normalized spacial score (nSPS) is 11.6. The molecule has 4 nitrogen and oxygen atoms in total. The number of hydrogen-bond donors (Lipinski definition) is 0. The van der Waals surface area contributed by atoms with Gasteiger partial charge in [-0.3, -0.25) is 4.18 Å². The Kier molecular flexibility index (Phi) is 3.31. The van der Waals surface area contributed by atoms with Gasteiger partial charge in [0.05, 0.1) is 12.9 Å². The van der Waals surface area contributed by atoms with E-state index in [0.717, 1.165) is 17.5 Å². The Morgan fingerprint density at radius 3 is 2.53 bits per heavy atom. The van der Waals surface area contributed by atoms with Gasteiger partial charge in [0.25, 0.3) is 10.1 Å². The van der Waals surface area contributed by atoms with E-state index in [1.807, 2.05) is 53.4 Å². The molecular weight excluding hydrogens is 238 g/mol. The molecule has 0 aliphatic heterocycles. The molecule has 0 N–H and O–H groups in total. The van der Waals surface area contributed by atoms with E-state index in [4.69, 9.17) is 4.18 Å². The van der Waals surface area contributed by atoms with Gasteiger partial charge in [-0.2, -0.15) is 8.42 Å². The highest BCUT2D eigenvalue weighted by atomic mass is 32.2. The van der Waals surface area contributed by atoms with Gasteiger partial charge in [0.15, 0.2) is 0 Å². The topological polar surface area (TPSA) is 48.3 Å². The predicted molar refractivity (Wildman–Crippen MR) is 65.4 cm³/mol. The fourth-order valence-corrected chi connectivity index (χ4v) is 1.84. The molecule has 0 amide bonds. The van der Waals surface area contributed by atoms with Gasteiger partial charge in [0.2, 0.25) is 0 Å². The van der Waals surface area contributed by atoms with Crippen LogP contribution in [0, 0.1) is 0 Å². The van der Waals surface area contributed by atoms with Crippen LogP contribution in [0.1, 0.15) is 5.56 Å². The fraction of sp³-hybridized carbons (Fsp3) is 0.167. The molecule has 0 aliphatic rings. The number of hydrogen-bond acceptors (Lipinski definition) is 3. The van der Waals surface area contributed by atoms with Gasteiger partial charge in [0, 0.05) is 18.1 Å². The van der Waals surface area contributed by atoms with Crippen molar-refractivity contribution in [3.63, 3.8) is 0 Å². The molecule has 0 bridgehead atoms. The lowest BCUT2D eigenvalue weighted by atomic mass is 10.2. The van der Waals surface area contributed by atoms with Crippen molar-refractivity contribution >= 4 is 10.1 Å². The Morgan fingerprint density at radius 2 is 1.88 bits per heavy atom. The molecule has 5 heteroatoms. The van der Waals surface area contributed by atoms with Crippen LogP contribution in [0.25, 0.3) is 5.69 Å².